The first kappa shape index (κ1) is 10.9. The third kappa shape index (κ3) is 3.32. The first-order valence-corrected chi connectivity index (χ1v) is 4.59. The third-order valence-corrected chi connectivity index (χ3v) is 1.94. The minimum Gasteiger partial charge on any atom is -0.481 e. The summed E-state index contributed by atoms with van der Waals surface area (Å²) < 4.78 is 4.94. The molecule has 1 atom stereocenters. The van der Waals surface area contributed by atoms with Gasteiger partial charge in [-0.2, -0.15) is 0 Å². The molecular formula is C10H16N2O2. The largest absolute Gasteiger partial charge is 0.481 e. The lowest BCUT2D eigenvalue weighted by Crippen LogP contribution is -2.28. The number of methoxy groups -OCH3 is 1. The zero-order valence-corrected chi connectivity index (χ0v) is 8.53. The van der Waals surface area contributed by atoms with Crippen LogP contribution in [0.5, 0.6) is 5.88 Å². The number of ether oxygens (including phenoxy) is 1. The number of nitrogens with zero attached hydrogens (tertiary/aromatic N) is 1. The fourth-order valence-electron chi connectivity index (χ4n) is 0.993. The van der Waals surface area contributed by atoms with Crippen LogP contribution in [0.4, 0.5) is 0 Å². The molecule has 1 aromatic heterocycles. The molecule has 4 nitrogen and oxygen atoms in total. The van der Waals surface area contributed by atoms with Crippen molar-refractivity contribution in [2.75, 3.05) is 13.7 Å². The maximum atomic E-state index is 8.80. The maximum Gasteiger partial charge on any atom is 0.212 e. The van der Waals surface area contributed by atoms with Crippen molar-refractivity contribution in [2.45, 2.75) is 19.5 Å². The Bertz CT molecular complexity index is 261. The van der Waals surface area contributed by atoms with Crippen LogP contribution in [0, 0.1) is 0 Å². The van der Waals surface area contributed by atoms with Crippen LogP contribution in [-0.4, -0.2) is 29.8 Å². The summed E-state index contributed by atoms with van der Waals surface area (Å²) in [6.07, 6.45) is 1.76. The third-order valence-electron chi connectivity index (χ3n) is 1.94. The summed E-state index contributed by atoms with van der Waals surface area (Å²) in [6.45, 7) is 2.78. The molecule has 0 radical (unpaired) electrons. The molecule has 2 N–H and O–H groups in total. The normalized spacial score (nSPS) is 12.5. The molecule has 0 aromatic carbocycles. The Hall–Kier alpha value is -1.13. The molecule has 0 aliphatic carbocycles. The smallest absolute Gasteiger partial charge is 0.212 e. The minimum absolute atomic E-state index is 0.108. The summed E-state index contributed by atoms with van der Waals surface area (Å²) in [6, 6.07) is 3.88. The highest BCUT2D eigenvalue weighted by atomic mass is 16.5. The van der Waals surface area contributed by atoms with Gasteiger partial charge in [0.1, 0.15) is 0 Å². The van der Waals surface area contributed by atoms with Crippen molar-refractivity contribution in [3.8, 4) is 5.88 Å². The highest BCUT2D eigenvalue weighted by Gasteiger charge is 1.99. The Morgan fingerprint density at radius 3 is 2.86 bits per heavy atom. The number of nitrogens with one attached hydrogen (secondary N) is 1. The van der Waals surface area contributed by atoms with Gasteiger partial charge in [0.2, 0.25) is 5.88 Å². The van der Waals surface area contributed by atoms with Crippen LogP contribution in [0.3, 0.4) is 0 Å². The van der Waals surface area contributed by atoms with Gasteiger partial charge < -0.3 is 15.2 Å². The molecule has 0 spiro atoms. The van der Waals surface area contributed by atoms with Crippen LogP contribution >= 0.6 is 0 Å². The van der Waals surface area contributed by atoms with Gasteiger partial charge in [0, 0.05) is 24.8 Å². The van der Waals surface area contributed by atoms with E-state index in [9.17, 15) is 0 Å². The van der Waals surface area contributed by atoms with Crippen molar-refractivity contribution >= 4 is 0 Å². The fourth-order valence-corrected chi connectivity index (χ4v) is 0.993. The Labute approximate surface area is 83.9 Å². The summed E-state index contributed by atoms with van der Waals surface area (Å²) in [5, 5.41) is 12.0. The lowest BCUT2D eigenvalue weighted by Gasteiger charge is -2.10. The van der Waals surface area contributed by atoms with E-state index in [1.54, 1.807) is 13.3 Å². The molecule has 0 aliphatic heterocycles. The zero-order valence-electron chi connectivity index (χ0n) is 8.53. The van der Waals surface area contributed by atoms with Gasteiger partial charge in [0.25, 0.3) is 0 Å². The lowest BCUT2D eigenvalue weighted by molar-refractivity contribution is 0.251. The highest BCUT2D eigenvalue weighted by Crippen LogP contribution is 2.06. The number of hydrogen-bond acceptors (Lipinski definition) is 4. The number of aliphatic hydroxyl groups is 1. The van der Waals surface area contributed by atoms with Crippen molar-refractivity contribution in [1.29, 1.82) is 0 Å². The van der Waals surface area contributed by atoms with Crippen molar-refractivity contribution in [3.05, 3.63) is 23.9 Å². The molecule has 1 heterocycles. The molecule has 4 heteroatoms. The van der Waals surface area contributed by atoms with E-state index >= 15 is 0 Å². The van der Waals surface area contributed by atoms with Gasteiger partial charge in [0.15, 0.2) is 0 Å². The molecule has 0 aliphatic rings. The predicted molar refractivity (Wildman–Crippen MR) is 54.2 cm³/mol. The Kier molecular flexibility index (Phi) is 4.35. The maximum absolute atomic E-state index is 8.80. The van der Waals surface area contributed by atoms with E-state index in [0.717, 1.165) is 5.56 Å². The molecule has 1 aromatic rings. The van der Waals surface area contributed by atoms with E-state index in [1.165, 1.54) is 0 Å². The SMILES string of the molecule is COc1ccc(CN[C@H](C)CO)cn1. The van der Waals surface area contributed by atoms with Gasteiger partial charge in [0.05, 0.1) is 13.7 Å². The van der Waals surface area contributed by atoms with E-state index in [2.05, 4.69) is 10.3 Å². The molecular weight excluding hydrogens is 180 g/mol. The van der Waals surface area contributed by atoms with Crippen LogP contribution in [0.1, 0.15) is 12.5 Å². The van der Waals surface area contributed by atoms with Crippen molar-refractivity contribution in [3.63, 3.8) is 0 Å². The Morgan fingerprint density at radius 2 is 2.36 bits per heavy atom. The van der Waals surface area contributed by atoms with Gasteiger partial charge in [-0.3, -0.25) is 0 Å². The van der Waals surface area contributed by atoms with E-state index in [1.807, 2.05) is 19.1 Å². The van der Waals surface area contributed by atoms with E-state index in [4.69, 9.17) is 9.84 Å². The van der Waals surface area contributed by atoms with E-state index in [0.29, 0.717) is 12.4 Å². The van der Waals surface area contributed by atoms with E-state index in [-0.39, 0.29) is 12.6 Å². The van der Waals surface area contributed by atoms with Gasteiger partial charge in [-0.25, -0.2) is 4.98 Å². The van der Waals surface area contributed by atoms with Crippen LogP contribution in [0.2, 0.25) is 0 Å². The molecule has 0 unspecified atom stereocenters. The van der Waals surface area contributed by atoms with Crippen LogP contribution < -0.4 is 10.1 Å². The zero-order chi connectivity index (χ0) is 10.4. The summed E-state index contributed by atoms with van der Waals surface area (Å²) in [5.41, 5.74) is 1.08. The number of pyridine rings is 1. The summed E-state index contributed by atoms with van der Waals surface area (Å²) in [4.78, 5) is 4.08. The molecule has 0 saturated heterocycles. The second-order valence-electron chi connectivity index (χ2n) is 3.17. The first-order chi connectivity index (χ1) is 6.76. The number of aromatic nitrogens is 1. The number of hydrogen-bond donors (Lipinski definition) is 2. The average molecular weight is 196 g/mol. The Balaban J connectivity index is 2.43. The second-order valence-corrected chi connectivity index (χ2v) is 3.17. The number of aliphatic hydroxyl groups excluding tert-OH is 1. The lowest BCUT2D eigenvalue weighted by atomic mass is 10.2. The summed E-state index contributed by atoms with van der Waals surface area (Å²) >= 11 is 0. The topological polar surface area (TPSA) is 54.4 Å². The van der Waals surface area contributed by atoms with Crippen LogP contribution in [0.15, 0.2) is 18.3 Å². The molecule has 0 bridgehead atoms. The average Bonchev–Trinajstić information content (AvgIpc) is 2.26. The molecule has 78 valence electrons. The minimum atomic E-state index is 0.108. The van der Waals surface area contributed by atoms with Crippen molar-refractivity contribution in [1.82, 2.24) is 10.3 Å². The highest BCUT2D eigenvalue weighted by molar-refractivity contribution is 5.17. The van der Waals surface area contributed by atoms with Gasteiger partial charge in [-0.1, -0.05) is 6.07 Å². The fraction of sp³-hybridized carbons (Fsp3) is 0.500. The van der Waals surface area contributed by atoms with Gasteiger partial charge in [-0.05, 0) is 12.5 Å². The van der Waals surface area contributed by atoms with Gasteiger partial charge in [-0.15, -0.1) is 0 Å². The first-order valence-electron chi connectivity index (χ1n) is 4.59. The monoisotopic (exact) mass is 196 g/mol. The second kappa shape index (κ2) is 5.57. The predicted octanol–water partition coefficient (Wildman–Crippen LogP) is 0.561. The summed E-state index contributed by atoms with van der Waals surface area (Å²) in [5.74, 6) is 0.615. The van der Waals surface area contributed by atoms with Crippen LogP contribution in [-0.2, 0) is 6.54 Å². The quantitative estimate of drug-likeness (QED) is 0.722. The van der Waals surface area contributed by atoms with E-state index < -0.39 is 0 Å². The standard InChI is InChI=1S/C10H16N2O2/c1-8(7-13)11-5-9-3-4-10(14-2)12-6-9/h3-4,6,8,11,13H,5,7H2,1-2H3/t8-/m1/s1. The molecule has 14 heavy (non-hydrogen) atoms. The molecule has 1 rings (SSSR count). The van der Waals surface area contributed by atoms with Gasteiger partial charge >= 0.3 is 0 Å². The van der Waals surface area contributed by atoms with Crippen molar-refractivity contribution < 1.29 is 9.84 Å². The molecule has 0 amide bonds. The molecule has 0 saturated carbocycles. The van der Waals surface area contributed by atoms with Crippen LogP contribution in [0.25, 0.3) is 0 Å². The molecule has 0 fully saturated rings. The van der Waals surface area contributed by atoms with Crippen molar-refractivity contribution in [2.24, 2.45) is 0 Å². The Morgan fingerprint density at radius 1 is 1.57 bits per heavy atom. The summed E-state index contributed by atoms with van der Waals surface area (Å²) in [7, 11) is 1.59. The number of rotatable bonds is 5.